The Hall–Kier alpha value is -1.06. The second-order valence-corrected chi connectivity index (χ2v) is 4.38. The Labute approximate surface area is 109 Å². The summed E-state index contributed by atoms with van der Waals surface area (Å²) in [5, 5.41) is 3.28. The van der Waals surface area contributed by atoms with Crippen molar-refractivity contribution in [3.8, 4) is 0 Å². The third-order valence-electron chi connectivity index (χ3n) is 3.28. The van der Waals surface area contributed by atoms with Gasteiger partial charge in [-0.25, -0.2) is 0 Å². The van der Waals surface area contributed by atoms with E-state index in [2.05, 4.69) is 5.32 Å². The fraction of sp³-hybridized carbons (Fsp3) is 0.462. The van der Waals surface area contributed by atoms with Crippen molar-refractivity contribution in [3.63, 3.8) is 0 Å². The van der Waals surface area contributed by atoms with Crippen LogP contribution >= 0.6 is 12.4 Å². The van der Waals surface area contributed by atoms with Crippen molar-refractivity contribution >= 4 is 18.3 Å². The van der Waals surface area contributed by atoms with Gasteiger partial charge in [-0.1, -0.05) is 18.2 Å². The van der Waals surface area contributed by atoms with Gasteiger partial charge in [-0.2, -0.15) is 0 Å². The standard InChI is InChI=1S/C13H18N2O.ClH/c1-10-5-3-4-6-12(10)13(16)15(2)11-7-8-14-9-11;/h3-6,11,14H,7-9H2,1-2H3;1H/t11-;/m0./s1. The van der Waals surface area contributed by atoms with Crippen LogP contribution < -0.4 is 5.32 Å². The molecule has 0 aromatic heterocycles. The number of rotatable bonds is 2. The Balaban J connectivity index is 0.00000144. The summed E-state index contributed by atoms with van der Waals surface area (Å²) in [5.41, 5.74) is 1.86. The highest BCUT2D eigenvalue weighted by molar-refractivity contribution is 5.95. The molecule has 1 atom stereocenters. The molecule has 0 bridgehead atoms. The number of carbonyl (C=O) groups is 1. The van der Waals surface area contributed by atoms with Gasteiger partial charge in [0.1, 0.15) is 0 Å². The topological polar surface area (TPSA) is 32.3 Å². The molecule has 3 nitrogen and oxygen atoms in total. The Morgan fingerprint density at radius 3 is 2.71 bits per heavy atom. The van der Waals surface area contributed by atoms with Crippen LogP contribution in [0.3, 0.4) is 0 Å². The molecule has 1 fully saturated rings. The van der Waals surface area contributed by atoms with Gasteiger partial charge in [-0.05, 0) is 31.5 Å². The van der Waals surface area contributed by atoms with Gasteiger partial charge in [0, 0.05) is 25.2 Å². The molecule has 1 aliphatic heterocycles. The average molecular weight is 255 g/mol. The van der Waals surface area contributed by atoms with Crippen LogP contribution in [0.1, 0.15) is 22.3 Å². The lowest BCUT2D eigenvalue weighted by atomic mass is 10.1. The van der Waals surface area contributed by atoms with Gasteiger partial charge in [0.2, 0.25) is 0 Å². The average Bonchev–Trinajstić information content (AvgIpc) is 2.81. The van der Waals surface area contributed by atoms with Crippen LogP contribution in [-0.4, -0.2) is 37.0 Å². The number of carbonyl (C=O) groups excluding carboxylic acids is 1. The molecule has 1 aromatic carbocycles. The van der Waals surface area contributed by atoms with Crippen molar-refractivity contribution in [2.24, 2.45) is 0 Å². The molecular formula is C13H19ClN2O. The lowest BCUT2D eigenvalue weighted by Gasteiger charge is -2.24. The molecule has 1 aromatic rings. The fourth-order valence-corrected chi connectivity index (χ4v) is 2.14. The molecule has 4 heteroatoms. The molecule has 94 valence electrons. The first-order valence-electron chi connectivity index (χ1n) is 5.73. The van der Waals surface area contributed by atoms with Crippen LogP contribution in [0.4, 0.5) is 0 Å². The van der Waals surface area contributed by atoms with Gasteiger partial charge in [-0.15, -0.1) is 12.4 Å². The van der Waals surface area contributed by atoms with E-state index in [1.807, 2.05) is 43.1 Å². The number of nitrogens with one attached hydrogen (secondary N) is 1. The maximum atomic E-state index is 12.3. The highest BCUT2D eigenvalue weighted by Gasteiger charge is 2.24. The van der Waals surface area contributed by atoms with Crippen LogP contribution in [0.2, 0.25) is 0 Å². The largest absolute Gasteiger partial charge is 0.337 e. The Bertz CT molecular complexity index is 389. The Morgan fingerprint density at radius 2 is 2.12 bits per heavy atom. The quantitative estimate of drug-likeness (QED) is 0.874. The van der Waals surface area contributed by atoms with Gasteiger partial charge < -0.3 is 10.2 Å². The van der Waals surface area contributed by atoms with Crippen LogP contribution in [0, 0.1) is 6.92 Å². The molecule has 0 saturated carbocycles. The van der Waals surface area contributed by atoms with E-state index in [1.54, 1.807) is 0 Å². The van der Waals surface area contributed by atoms with Crippen molar-refractivity contribution in [3.05, 3.63) is 35.4 Å². The van der Waals surface area contributed by atoms with Crippen molar-refractivity contribution in [1.82, 2.24) is 10.2 Å². The lowest BCUT2D eigenvalue weighted by molar-refractivity contribution is 0.0743. The zero-order chi connectivity index (χ0) is 11.5. The molecule has 0 spiro atoms. The van der Waals surface area contributed by atoms with Gasteiger partial charge in [0.25, 0.3) is 5.91 Å². The monoisotopic (exact) mass is 254 g/mol. The summed E-state index contributed by atoms with van der Waals surface area (Å²) in [5.74, 6) is 0.131. The predicted octanol–water partition coefficient (Wildman–Crippen LogP) is 1.85. The van der Waals surface area contributed by atoms with Crippen LogP contribution in [-0.2, 0) is 0 Å². The number of benzene rings is 1. The normalized spacial score (nSPS) is 18.6. The number of aryl methyl sites for hydroxylation is 1. The second-order valence-electron chi connectivity index (χ2n) is 4.38. The first-order chi connectivity index (χ1) is 7.70. The van der Waals surface area contributed by atoms with E-state index in [0.717, 1.165) is 30.6 Å². The van der Waals surface area contributed by atoms with E-state index in [0.29, 0.717) is 6.04 Å². The van der Waals surface area contributed by atoms with Gasteiger partial charge >= 0.3 is 0 Å². The third-order valence-corrected chi connectivity index (χ3v) is 3.28. The number of amides is 1. The third kappa shape index (κ3) is 2.99. The van der Waals surface area contributed by atoms with E-state index in [9.17, 15) is 4.79 Å². The smallest absolute Gasteiger partial charge is 0.254 e. The Morgan fingerprint density at radius 1 is 1.41 bits per heavy atom. The summed E-state index contributed by atoms with van der Waals surface area (Å²) < 4.78 is 0. The minimum Gasteiger partial charge on any atom is -0.337 e. The lowest BCUT2D eigenvalue weighted by Crippen LogP contribution is -2.38. The molecule has 0 aliphatic carbocycles. The second kappa shape index (κ2) is 6.03. The molecule has 0 radical (unpaired) electrons. The summed E-state index contributed by atoms with van der Waals surface area (Å²) in [6.45, 7) is 3.90. The highest BCUT2D eigenvalue weighted by Crippen LogP contribution is 2.14. The van der Waals surface area contributed by atoms with E-state index < -0.39 is 0 Å². The number of nitrogens with zero attached hydrogens (tertiary/aromatic N) is 1. The molecule has 1 N–H and O–H groups in total. The maximum Gasteiger partial charge on any atom is 0.254 e. The first-order valence-corrected chi connectivity index (χ1v) is 5.73. The molecule has 0 unspecified atom stereocenters. The van der Waals surface area contributed by atoms with Gasteiger partial charge in [0.05, 0.1) is 0 Å². The summed E-state index contributed by atoms with van der Waals surface area (Å²) in [4.78, 5) is 14.1. The summed E-state index contributed by atoms with van der Waals surface area (Å²) in [7, 11) is 1.90. The maximum absolute atomic E-state index is 12.3. The van der Waals surface area contributed by atoms with E-state index in [4.69, 9.17) is 0 Å². The molecule has 1 amide bonds. The number of hydrogen-bond donors (Lipinski definition) is 1. The van der Waals surface area contributed by atoms with Gasteiger partial charge in [-0.3, -0.25) is 4.79 Å². The summed E-state index contributed by atoms with van der Waals surface area (Å²) >= 11 is 0. The van der Waals surface area contributed by atoms with Crippen molar-refractivity contribution in [2.75, 3.05) is 20.1 Å². The van der Waals surface area contributed by atoms with Gasteiger partial charge in [0.15, 0.2) is 0 Å². The van der Waals surface area contributed by atoms with Crippen molar-refractivity contribution in [2.45, 2.75) is 19.4 Å². The van der Waals surface area contributed by atoms with E-state index in [-0.39, 0.29) is 18.3 Å². The minimum absolute atomic E-state index is 0. The minimum atomic E-state index is 0. The number of likely N-dealkylation sites (N-methyl/N-ethyl adjacent to an activating group) is 1. The van der Waals surface area contributed by atoms with E-state index >= 15 is 0 Å². The Kier molecular flexibility index (Phi) is 4.97. The fourth-order valence-electron chi connectivity index (χ4n) is 2.14. The number of hydrogen-bond acceptors (Lipinski definition) is 2. The van der Waals surface area contributed by atoms with Crippen LogP contribution in [0.15, 0.2) is 24.3 Å². The zero-order valence-corrected chi connectivity index (χ0v) is 11.1. The predicted molar refractivity (Wildman–Crippen MR) is 71.8 cm³/mol. The molecule has 1 saturated heterocycles. The summed E-state index contributed by atoms with van der Waals surface area (Å²) in [6, 6.07) is 8.10. The number of halogens is 1. The van der Waals surface area contributed by atoms with Crippen molar-refractivity contribution in [1.29, 1.82) is 0 Å². The summed E-state index contributed by atoms with van der Waals surface area (Å²) in [6.07, 6.45) is 1.05. The molecule has 17 heavy (non-hydrogen) atoms. The first kappa shape index (κ1) is 14.0. The molecular weight excluding hydrogens is 236 g/mol. The van der Waals surface area contributed by atoms with E-state index in [1.165, 1.54) is 0 Å². The molecule has 1 heterocycles. The highest BCUT2D eigenvalue weighted by atomic mass is 35.5. The van der Waals surface area contributed by atoms with Crippen LogP contribution in [0.5, 0.6) is 0 Å². The SMILES string of the molecule is Cc1ccccc1C(=O)N(C)[C@H]1CCNC1.Cl. The van der Waals surface area contributed by atoms with Crippen LogP contribution in [0.25, 0.3) is 0 Å². The zero-order valence-electron chi connectivity index (χ0n) is 10.3. The van der Waals surface area contributed by atoms with Crippen molar-refractivity contribution < 1.29 is 4.79 Å². The molecule has 1 aliphatic rings. The molecule has 2 rings (SSSR count).